The minimum absolute atomic E-state index is 0.935. The zero-order valence-electron chi connectivity index (χ0n) is 6.17. The van der Waals surface area contributed by atoms with Crippen LogP contribution >= 0.6 is 0 Å². The van der Waals surface area contributed by atoms with Gasteiger partial charge in [0.2, 0.25) is 0 Å². The van der Waals surface area contributed by atoms with Gasteiger partial charge in [-0.05, 0) is 30.1 Å². The molecule has 0 heteroatoms. The predicted molar refractivity (Wildman–Crippen MR) is 39.1 cm³/mol. The monoisotopic (exact) mass is 122 g/mol. The van der Waals surface area contributed by atoms with Crippen molar-refractivity contribution in [2.45, 2.75) is 20.3 Å². The molecule has 0 unspecified atom stereocenters. The van der Waals surface area contributed by atoms with Gasteiger partial charge in [-0.25, -0.2) is 0 Å². The molecule has 0 aromatic rings. The predicted octanol–water partition coefficient (Wildman–Crippen LogP) is 2.46. The van der Waals surface area contributed by atoms with Crippen LogP contribution in [0.4, 0.5) is 0 Å². The fraction of sp³-hybridized carbons (Fsp3) is 0.778. The van der Waals surface area contributed by atoms with Crippen molar-refractivity contribution < 1.29 is 0 Å². The van der Waals surface area contributed by atoms with Crippen molar-refractivity contribution in [3.05, 3.63) is 12.2 Å². The van der Waals surface area contributed by atoms with E-state index < -0.39 is 0 Å². The lowest BCUT2D eigenvalue weighted by molar-refractivity contribution is 0.364. The molecule has 0 radical (unpaired) electrons. The van der Waals surface area contributed by atoms with Crippen molar-refractivity contribution in [2.24, 2.45) is 23.7 Å². The fourth-order valence-corrected chi connectivity index (χ4v) is 2.32. The molecule has 2 bridgehead atoms. The third-order valence-corrected chi connectivity index (χ3v) is 3.33. The summed E-state index contributed by atoms with van der Waals surface area (Å²) in [5.74, 6) is 3.79. The van der Waals surface area contributed by atoms with Crippen LogP contribution in [-0.4, -0.2) is 0 Å². The normalized spacial score (nSPS) is 54.9. The maximum Gasteiger partial charge on any atom is -0.0199 e. The highest BCUT2D eigenvalue weighted by Crippen LogP contribution is 2.47. The summed E-state index contributed by atoms with van der Waals surface area (Å²) < 4.78 is 0. The lowest BCUT2D eigenvalue weighted by Gasteiger charge is -2.19. The zero-order chi connectivity index (χ0) is 6.43. The minimum Gasteiger partial charge on any atom is -0.0848 e. The van der Waals surface area contributed by atoms with Crippen LogP contribution in [0.1, 0.15) is 20.3 Å². The number of hydrogen-bond donors (Lipinski definition) is 0. The van der Waals surface area contributed by atoms with E-state index in [4.69, 9.17) is 0 Å². The molecule has 2 rings (SSSR count). The third-order valence-electron chi connectivity index (χ3n) is 3.33. The summed E-state index contributed by atoms with van der Waals surface area (Å²) in [6.07, 6.45) is 6.27. The summed E-state index contributed by atoms with van der Waals surface area (Å²) in [6, 6.07) is 0. The Morgan fingerprint density at radius 1 is 1.00 bits per heavy atom. The lowest BCUT2D eigenvalue weighted by Crippen LogP contribution is -2.12. The molecule has 9 heavy (non-hydrogen) atoms. The zero-order valence-corrected chi connectivity index (χ0v) is 6.17. The van der Waals surface area contributed by atoms with Crippen molar-refractivity contribution in [3.8, 4) is 0 Å². The van der Waals surface area contributed by atoms with Gasteiger partial charge in [0.1, 0.15) is 0 Å². The van der Waals surface area contributed by atoms with Crippen molar-refractivity contribution in [1.29, 1.82) is 0 Å². The third kappa shape index (κ3) is 0.593. The number of fused-ring (bicyclic) bond motifs is 2. The molecule has 1 saturated carbocycles. The molecule has 0 aromatic carbocycles. The molecule has 2 aliphatic rings. The molecule has 0 heterocycles. The van der Waals surface area contributed by atoms with Gasteiger partial charge in [0, 0.05) is 0 Å². The topological polar surface area (TPSA) is 0 Å². The fourth-order valence-electron chi connectivity index (χ4n) is 2.32. The number of hydrogen-bond acceptors (Lipinski definition) is 0. The first kappa shape index (κ1) is 5.52. The van der Waals surface area contributed by atoms with E-state index in [0.29, 0.717) is 0 Å². The summed E-state index contributed by atoms with van der Waals surface area (Å²) in [7, 11) is 0. The minimum atomic E-state index is 0.935. The Morgan fingerprint density at radius 2 is 1.44 bits per heavy atom. The van der Waals surface area contributed by atoms with E-state index in [1.165, 1.54) is 6.42 Å². The first-order valence-corrected chi connectivity index (χ1v) is 3.97. The molecular formula is C9H14. The molecule has 50 valence electrons. The highest BCUT2D eigenvalue weighted by molar-refractivity contribution is 5.11. The second kappa shape index (κ2) is 1.62. The summed E-state index contributed by atoms with van der Waals surface area (Å²) in [6.45, 7) is 4.78. The van der Waals surface area contributed by atoms with Crippen LogP contribution in [0, 0.1) is 23.7 Å². The highest BCUT2D eigenvalue weighted by atomic mass is 14.4. The van der Waals surface area contributed by atoms with Gasteiger partial charge in [0.25, 0.3) is 0 Å². The molecule has 0 spiro atoms. The Kier molecular flexibility index (Phi) is 0.992. The van der Waals surface area contributed by atoms with E-state index in [-0.39, 0.29) is 0 Å². The van der Waals surface area contributed by atoms with Gasteiger partial charge in [-0.3, -0.25) is 0 Å². The van der Waals surface area contributed by atoms with Gasteiger partial charge >= 0.3 is 0 Å². The summed E-state index contributed by atoms with van der Waals surface area (Å²) in [4.78, 5) is 0. The van der Waals surface area contributed by atoms with Gasteiger partial charge < -0.3 is 0 Å². The molecule has 4 atom stereocenters. The maximum atomic E-state index is 2.41. The van der Waals surface area contributed by atoms with Crippen LogP contribution in [0.5, 0.6) is 0 Å². The highest BCUT2D eigenvalue weighted by Gasteiger charge is 2.38. The molecule has 1 fully saturated rings. The Balaban J connectivity index is 2.26. The Hall–Kier alpha value is -0.260. The van der Waals surface area contributed by atoms with E-state index >= 15 is 0 Å². The van der Waals surface area contributed by atoms with Crippen LogP contribution in [0.25, 0.3) is 0 Å². The summed E-state index contributed by atoms with van der Waals surface area (Å²) >= 11 is 0. The van der Waals surface area contributed by atoms with Gasteiger partial charge in [-0.1, -0.05) is 26.0 Å². The second-order valence-corrected chi connectivity index (χ2v) is 3.67. The molecule has 0 nitrogen and oxygen atoms in total. The van der Waals surface area contributed by atoms with Crippen molar-refractivity contribution in [2.75, 3.05) is 0 Å². The number of allylic oxidation sites excluding steroid dienone is 2. The van der Waals surface area contributed by atoms with Crippen LogP contribution < -0.4 is 0 Å². The van der Waals surface area contributed by atoms with E-state index in [2.05, 4.69) is 26.0 Å². The van der Waals surface area contributed by atoms with Crippen molar-refractivity contribution >= 4 is 0 Å². The van der Waals surface area contributed by atoms with Gasteiger partial charge in [-0.15, -0.1) is 0 Å². The molecule has 0 saturated heterocycles. The summed E-state index contributed by atoms with van der Waals surface area (Å²) in [5, 5.41) is 0. The number of rotatable bonds is 0. The Labute approximate surface area is 57.0 Å². The molecular weight excluding hydrogens is 108 g/mol. The van der Waals surface area contributed by atoms with Crippen LogP contribution in [0.15, 0.2) is 12.2 Å². The van der Waals surface area contributed by atoms with Gasteiger partial charge in [0.15, 0.2) is 0 Å². The largest absolute Gasteiger partial charge is 0.0848 e. The van der Waals surface area contributed by atoms with E-state index in [9.17, 15) is 0 Å². The lowest BCUT2D eigenvalue weighted by atomic mass is 9.86. The van der Waals surface area contributed by atoms with Gasteiger partial charge in [0.05, 0.1) is 0 Å². The van der Waals surface area contributed by atoms with E-state index in [1.54, 1.807) is 0 Å². The first-order valence-electron chi connectivity index (χ1n) is 3.97. The average Bonchev–Trinajstić information content (AvgIpc) is 2.37. The summed E-state index contributed by atoms with van der Waals surface area (Å²) in [5.41, 5.74) is 0. The Bertz CT molecular complexity index is 130. The molecule has 0 aliphatic heterocycles. The Morgan fingerprint density at radius 3 is 1.67 bits per heavy atom. The quantitative estimate of drug-likeness (QED) is 0.433. The van der Waals surface area contributed by atoms with Crippen LogP contribution in [-0.2, 0) is 0 Å². The second-order valence-electron chi connectivity index (χ2n) is 3.67. The molecule has 2 aliphatic carbocycles. The first-order chi connectivity index (χ1) is 4.29. The maximum absolute atomic E-state index is 2.41. The van der Waals surface area contributed by atoms with Crippen LogP contribution in [0.3, 0.4) is 0 Å². The smallest absolute Gasteiger partial charge is 0.0199 e. The molecule has 0 amide bonds. The van der Waals surface area contributed by atoms with Crippen molar-refractivity contribution in [1.82, 2.24) is 0 Å². The standard InChI is InChI=1S/C9H14/c1-6-7(2)9-4-3-8(6)5-9/h3-4,6-9H,5H2,1-2H3/t6-,7-,8-,9+/m0/s1. The molecule has 0 aromatic heterocycles. The molecule has 0 N–H and O–H groups in total. The van der Waals surface area contributed by atoms with E-state index in [0.717, 1.165) is 23.7 Å². The van der Waals surface area contributed by atoms with Crippen molar-refractivity contribution in [3.63, 3.8) is 0 Å². The SMILES string of the molecule is C[C@H]1[C@H](C)[C@H]2C=C[C@@H]1C2. The van der Waals surface area contributed by atoms with Gasteiger partial charge in [-0.2, -0.15) is 0 Å². The van der Waals surface area contributed by atoms with Crippen LogP contribution in [0.2, 0.25) is 0 Å². The average molecular weight is 122 g/mol. The van der Waals surface area contributed by atoms with E-state index in [1.807, 2.05) is 0 Å².